The monoisotopic (exact) mass is 481 g/mol. The van der Waals surface area contributed by atoms with E-state index < -0.39 is 11.8 Å². The Labute approximate surface area is 204 Å². The number of hydrogen-bond acceptors (Lipinski definition) is 7. The molecule has 0 saturated heterocycles. The molecule has 10 heteroatoms. The Morgan fingerprint density at radius 1 is 0.917 bits per heavy atom. The first-order chi connectivity index (χ1) is 17.7. The quantitative estimate of drug-likeness (QED) is 0.368. The second-order valence-corrected chi connectivity index (χ2v) is 8.02. The highest BCUT2D eigenvalue weighted by molar-refractivity contribution is 6.07. The van der Waals surface area contributed by atoms with Crippen molar-refractivity contribution in [2.75, 3.05) is 6.79 Å². The zero-order chi connectivity index (χ0) is 24.5. The summed E-state index contributed by atoms with van der Waals surface area (Å²) in [5.74, 6) is 0.736. The Kier molecular flexibility index (Phi) is 5.30. The average molecular weight is 481 g/mol. The summed E-state index contributed by atoms with van der Waals surface area (Å²) in [5.41, 5.74) is 7.53. The van der Waals surface area contributed by atoms with E-state index in [-0.39, 0.29) is 6.79 Å². The van der Waals surface area contributed by atoms with Gasteiger partial charge in [-0.05, 0) is 36.4 Å². The molecule has 2 aromatic carbocycles. The molecule has 0 radical (unpaired) electrons. The fraction of sp³-hybridized carbons (Fsp3) is 0.0769. The Hall–Kier alpha value is -5.12. The first-order valence-electron chi connectivity index (χ1n) is 11.1. The third-order valence-electron chi connectivity index (χ3n) is 5.73. The van der Waals surface area contributed by atoms with Gasteiger partial charge in [-0.1, -0.05) is 30.3 Å². The first kappa shape index (κ1) is 21.4. The lowest BCUT2D eigenvalue weighted by molar-refractivity contribution is 0.0847. The molecule has 36 heavy (non-hydrogen) atoms. The number of rotatable bonds is 5. The van der Waals surface area contributed by atoms with Crippen molar-refractivity contribution in [1.82, 2.24) is 25.6 Å². The van der Waals surface area contributed by atoms with Gasteiger partial charge in [0, 0.05) is 11.1 Å². The maximum Gasteiger partial charge on any atom is 0.270 e. The van der Waals surface area contributed by atoms with Crippen LogP contribution in [-0.4, -0.2) is 33.4 Å². The molecule has 1 aliphatic heterocycles. The van der Waals surface area contributed by atoms with Gasteiger partial charge in [-0.25, -0.2) is 9.67 Å². The summed E-state index contributed by atoms with van der Waals surface area (Å²) < 4.78 is 17.7. The number of benzene rings is 2. The van der Waals surface area contributed by atoms with Gasteiger partial charge in [-0.15, -0.1) is 0 Å². The van der Waals surface area contributed by atoms with Crippen molar-refractivity contribution in [1.29, 1.82) is 0 Å². The summed E-state index contributed by atoms with van der Waals surface area (Å²) in [5, 5.41) is 4.96. The van der Waals surface area contributed by atoms with Crippen LogP contribution in [-0.2, 0) is 6.54 Å². The van der Waals surface area contributed by atoms with Gasteiger partial charge in [0.15, 0.2) is 17.1 Å². The van der Waals surface area contributed by atoms with Crippen LogP contribution in [0.15, 0.2) is 83.6 Å². The van der Waals surface area contributed by atoms with Crippen LogP contribution >= 0.6 is 0 Å². The molecule has 5 aromatic rings. The molecule has 0 fully saturated rings. The van der Waals surface area contributed by atoms with E-state index in [1.807, 2.05) is 36.4 Å². The topological polar surface area (TPSA) is 121 Å². The molecule has 0 bridgehead atoms. The number of furan rings is 1. The maximum atomic E-state index is 13.2. The van der Waals surface area contributed by atoms with Gasteiger partial charge in [-0.2, -0.15) is 5.10 Å². The van der Waals surface area contributed by atoms with Crippen LogP contribution in [0.25, 0.3) is 22.3 Å². The van der Waals surface area contributed by atoms with E-state index in [4.69, 9.17) is 18.9 Å². The zero-order valence-corrected chi connectivity index (χ0v) is 18.8. The molecular formula is C26H19N5O5. The SMILES string of the molecule is O=C(NNC(=O)c1cc(-c2ccccc2)nc2c1cnn2Cc1ccco1)c1ccc2c(c1)OCO2. The Bertz CT molecular complexity index is 1580. The van der Waals surface area contributed by atoms with Crippen LogP contribution in [0.5, 0.6) is 11.5 Å². The summed E-state index contributed by atoms with van der Waals surface area (Å²) in [4.78, 5) is 30.7. The first-order valence-corrected chi connectivity index (χ1v) is 11.1. The molecule has 178 valence electrons. The molecule has 2 amide bonds. The molecule has 2 N–H and O–H groups in total. The van der Waals surface area contributed by atoms with E-state index in [9.17, 15) is 9.59 Å². The second kappa shape index (κ2) is 8.91. The third-order valence-corrected chi connectivity index (χ3v) is 5.73. The van der Waals surface area contributed by atoms with Crippen molar-refractivity contribution in [3.63, 3.8) is 0 Å². The predicted molar refractivity (Wildman–Crippen MR) is 128 cm³/mol. The van der Waals surface area contributed by atoms with Crippen LogP contribution in [0.1, 0.15) is 26.5 Å². The molecule has 6 rings (SSSR count). The van der Waals surface area contributed by atoms with Gasteiger partial charge in [0.25, 0.3) is 11.8 Å². The number of carbonyl (C=O) groups excluding carboxylic acids is 2. The maximum absolute atomic E-state index is 13.2. The van der Waals surface area contributed by atoms with E-state index in [0.717, 1.165) is 5.56 Å². The number of carbonyl (C=O) groups is 2. The standard InChI is InChI=1S/C26H19N5O5/c32-25(17-8-9-22-23(11-17)36-15-35-22)29-30-26(33)19-12-21(16-5-2-1-3-6-16)28-24-20(19)13-27-31(24)14-18-7-4-10-34-18/h1-13H,14-15H2,(H,29,32)(H,30,33). The molecule has 0 unspecified atom stereocenters. The smallest absolute Gasteiger partial charge is 0.270 e. The third kappa shape index (κ3) is 4.00. The molecule has 0 spiro atoms. The predicted octanol–water partition coefficient (Wildman–Crippen LogP) is 3.54. The van der Waals surface area contributed by atoms with Crippen molar-refractivity contribution in [3.8, 4) is 22.8 Å². The fourth-order valence-corrected chi connectivity index (χ4v) is 3.95. The lowest BCUT2D eigenvalue weighted by Gasteiger charge is -2.11. The summed E-state index contributed by atoms with van der Waals surface area (Å²) >= 11 is 0. The van der Waals surface area contributed by atoms with Crippen LogP contribution in [0.2, 0.25) is 0 Å². The Morgan fingerprint density at radius 3 is 2.58 bits per heavy atom. The normalized spacial score (nSPS) is 12.0. The van der Waals surface area contributed by atoms with E-state index in [0.29, 0.717) is 51.7 Å². The molecule has 0 saturated carbocycles. The second-order valence-electron chi connectivity index (χ2n) is 8.02. The highest BCUT2D eigenvalue weighted by Crippen LogP contribution is 2.32. The minimum atomic E-state index is -0.508. The van der Waals surface area contributed by atoms with Crippen LogP contribution in [0.4, 0.5) is 0 Å². The lowest BCUT2D eigenvalue weighted by atomic mass is 10.1. The van der Waals surface area contributed by atoms with Crippen molar-refractivity contribution < 1.29 is 23.5 Å². The van der Waals surface area contributed by atoms with Crippen molar-refractivity contribution >= 4 is 22.8 Å². The molecule has 0 atom stereocenters. The van der Waals surface area contributed by atoms with Gasteiger partial charge >= 0.3 is 0 Å². The highest BCUT2D eigenvalue weighted by Gasteiger charge is 2.20. The minimum absolute atomic E-state index is 0.104. The van der Waals surface area contributed by atoms with Crippen LogP contribution in [0, 0.1) is 0 Å². The summed E-state index contributed by atoms with van der Waals surface area (Å²) in [6, 6.07) is 19.6. The largest absolute Gasteiger partial charge is 0.467 e. The number of hydrogen-bond donors (Lipinski definition) is 2. The van der Waals surface area contributed by atoms with Crippen molar-refractivity contribution in [2.45, 2.75) is 6.54 Å². The summed E-state index contributed by atoms with van der Waals surface area (Å²) in [7, 11) is 0. The van der Waals surface area contributed by atoms with Gasteiger partial charge in [0.05, 0.1) is 29.1 Å². The van der Waals surface area contributed by atoms with Gasteiger partial charge in [0.1, 0.15) is 12.3 Å². The zero-order valence-electron chi connectivity index (χ0n) is 18.8. The molecule has 4 heterocycles. The molecule has 10 nitrogen and oxygen atoms in total. The minimum Gasteiger partial charge on any atom is -0.467 e. The number of aromatic nitrogens is 3. The van der Waals surface area contributed by atoms with Gasteiger partial charge < -0.3 is 13.9 Å². The number of amides is 2. The average Bonchev–Trinajstić information content (AvgIpc) is 3.68. The summed E-state index contributed by atoms with van der Waals surface area (Å²) in [6.07, 6.45) is 3.17. The number of pyridine rings is 1. The Morgan fingerprint density at radius 2 is 1.75 bits per heavy atom. The molecule has 0 aliphatic carbocycles. The van der Waals surface area contributed by atoms with E-state index in [2.05, 4.69) is 16.0 Å². The highest BCUT2D eigenvalue weighted by atomic mass is 16.7. The van der Waals surface area contributed by atoms with Crippen molar-refractivity contribution in [2.24, 2.45) is 0 Å². The molecule has 3 aromatic heterocycles. The number of nitrogens with zero attached hydrogens (tertiary/aromatic N) is 3. The number of nitrogens with one attached hydrogen (secondary N) is 2. The number of fused-ring (bicyclic) bond motifs is 2. The number of ether oxygens (including phenoxy) is 2. The van der Waals surface area contributed by atoms with Crippen LogP contribution < -0.4 is 20.3 Å². The Balaban J connectivity index is 1.31. The molecular weight excluding hydrogens is 462 g/mol. The molecule has 1 aliphatic rings. The van der Waals surface area contributed by atoms with Gasteiger partial charge in [-0.3, -0.25) is 20.4 Å². The summed E-state index contributed by atoms with van der Waals surface area (Å²) in [6.45, 7) is 0.455. The van der Waals surface area contributed by atoms with Crippen LogP contribution in [0.3, 0.4) is 0 Å². The lowest BCUT2D eigenvalue weighted by Crippen LogP contribution is -2.41. The van der Waals surface area contributed by atoms with E-state index in [1.165, 1.54) is 0 Å². The fourth-order valence-electron chi connectivity index (χ4n) is 3.95. The van der Waals surface area contributed by atoms with Crippen molar-refractivity contribution in [3.05, 3.63) is 96.1 Å². The van der Waals surface area contributed by atoms with E-state index >= 15 is 0 Å². The van der Waals surface area contributed by atoms with E-state index in [1.54, 1.807) is 47.5 Å². The number of hydrazine groups is 1. The van der Waals surface area contributed by atoms with Gasteiger partial charge in [0.2, 0.25) is 6.79 Å².